The van der Waals surface area contributed by atoms with Crippen LogP contribution in [0.2, 0.25) is 0 Å². The lowest BCUT2D eigenvalue weighted by atomic mass is 10.0. The van der Waals surface area contributed by atoms with E-state index < -0.39 is 6.10 Å². The van der Waals surface area contributed by atoms with Crippen LogP contribution in [-0.2, 0) is 19.1 Å². The van der Waals surface area contributed by atoms with E-state index in [1.165, 1.54) is 199 Å². The van der Waals surface area contributed by atoms with Crippen LogP contribution in [0.5, 0.6) is 0 Å². The van der Waals surface area contributed by atoms with E-state index in [2.05, 4.69) is 62.5 Å². The van der Waals surface area contributed by atoms with Crippen molar-refractivity contribution in [1.29, 1.82) is 0 Å². The summed E-state index contributed by atoms with van der Waals surface area (Å²) < 4.78 is 10.7. The molecule has 0 radical (unpaired) electrons. The third-order valence-electron chi connectivity index (χ3n) is 12.1. The van der Waals surface area contributed by atoms with Gasteiger partial charge in [0.2, 0.25) is 0 Å². The van der Waals surface area contributed by atoms with Gasteiger partial charge in [-0.1, -0.05) is 242 Å². The van der Waals surface area contributed by atoms with Crippen LogP contribution in [0.25, 0.3) is 0 Å². The summed E-state index contributed by atoms with van der Waals surface area (Å²) in [5.74, 6) is -0.589. The van der Waals surface area contributed by atoms with Gasteiger partial charge < -0.3 is 14.6 Å². The lowest BCUT2D eigenvalue weighted by Gasteiger charge is -2.15. The van der Waals surface area contributed by atoms with Gasteiger partial charge >= 0.3 is 11.9 Å². The Kier molecular flexibility index (Phi) is 51.4. The van der Waals surface area contributed by atoms with E-state index >= 15 is 0 Å². The molecule has 0 saturated heterocycles. The maximum absolute atomic E-state index is 12.3. The molecule has 62 heavy (non-hydrogen) atoms. The van der Waals surface area contributed by atoms with Crippen molar-refractivity contribution < 1.29 is 24.2 Å². The molecule has 0 aliphatic carbocycles. The summed E-state index contributed by atoms with van der Waals surface area (Å²) in [5, 5.41) is 9.63. The smallest absolute Gasteiger partial charge is 0.306 e. The van der Waals surface area contributed by atoms with Crippen LogP contribution < -0.4 is 0 Å². The molecule has 0 aromatic rings. The summed E-state index contributed by atoms with van der Waals surface area (Å²) >= 11 is 0. The van der Waals surface area contributed by atoms with Gasteiger partial charge in [0.15, 0.2) is 6.10 Å². The highest BCUT2D eigenvalue weighted by Crippen LogP contribution is 2.16. The fourth-order valence-electron chi connectivity index (χ4n) is 7.97. The Morgan fingerprint density at radius 1 is 0.371 bits per heavy atom. The average Bonchev–Trinajstić information content (AvgIpc) is 3.28. The van der Waals surface area contributed by atoms with Crippen LogP contribution in [0.3, 0.4) is 0 Å². The minimum atomic E-state index is -0.774. The fraction of sp³-hybridized carbons (Fsp3) is 0.825. The van der Waals surface area contributed by atoms with E-state index in [1.54, 1.807) is 0 Å². The number of aliphatic hydroxyl groups is 1. The van der Waals surface area contributed by atoms with Gasteiger partial charge in [0.05, 0.1) is 6.61 Å². The molecule has 0 saturated carbocycles. The minimum Gasteiger partial charge on any atom is -0.462 e. The number of hydrogen-bond acceptors (Lipinski definition) is 5. The van der Waals surface area contributed by atoms with Gasteiger partial charge in [-0.2, -0.15) is 0 Å². The molecular weight excluding hydrogens is 765 g/mol. The molecule has 0 rings (SSSR count). The second-order valence-electron chi connectivity index (χ2n) is 18.3. The van der Waals surface area contributed by atoms with Crippen LogP contribution in [0.4, 0.5) is 0 Å². The zero-order valence-electron chi connectivity index (χ0n) is 41.4. The maximum atomic E-state index is 12.3. The van der Waals surface area contributed by atoms with Gasteiger partial charge in [-0.05, 0) is 77.0 Å². The summed E-state index contributed by atoms with van der Waals surface area (Å²) in [6.07, 6.45) is 69.4. The highest BCUT2D eigenvalue weighted by Gasteiger charge is 2.16. The molecule has 0 amide bonds. The minimum absolute atomic E-state index is 0.0677. The number of carbonyl (C=O) groups excluding carboxylic acids is 2. The highest BCUT2D eigenvalue weighted by atomic mass is 16.6. The number of esters is 2. The Hall–Kier alpha value is -2.14. The maximum Gasteiger partial charge on any atom is 0.306 e. The number of carbonyl (C=O) groups is 2. The van der Waals surface area contributed by atoms with Crippen molar-refractivity contribution in [3.8, 4) is 0 Å². The van der Waals surface area contributed by atoms with Crippen LogP contribution in [0.1, 0.15) is 284 Å². The summed E-state index contributed by atoms with van der Waals surface area (Å²) in [4.78, 5) is 24.5. The quantitative estimate of drug-likeness (QED) is 0.0375. The van der Waals surface area contributed by atoms with Gasteiger partial charge in [-0.15, -0.1) is 0 Å². The number of unbranched alkanes of at least 4 members (excludes halogenated alkanes) is 34. The predicted octanol–water partition coefficient (Wildman–Crippen LogP) is 18.1. The first kappa shape index (κ1) is 59.9. The Bertz CT molecular complexity index is 1030. The van der Waals surface area contributed by atoms with E-state index in [9.17, 15) is 14.7 Å². The second kappa shape index (κ2) is 53.2. The molecule has 0 bridgehead atoms. The number of allylic oxidation sites excluding steroid dienone is 8. The molecule has 0 aliphatic rings. The van der Waals surface area contributed by atoms with Crippen LogP contribution in [0, 0.1) is 0 Å². The van der Waals surface area contributed by atoms with Crippen molar-refractivity contribution in [2.45, 2.75) is 290 Å². The predicted molar refractivity (Wildman–Crippen MR) is 270 cm³/mol. The molecule has 1 atom stereocenters. The molecule has 0 heterocycles. The van der Waals surface area contributed by atoms with E-state index in [0.717, 1.165) is 57.8 Å². The first-order valence-electron chi connectivity index (χ1n) is 27.2. The number of hydrogen-bond donors (Lipinski definition) is 1. The summed E-state index contributed by atoms with van der Waals surface area (Å²) in [6, 6.07) is 0. The van der Waals surface area contributed by atoms with Crippen molar-refractivity contribution in [2.75, 3.05) is 13.2 Å². The zero-order chi connectivity index (χ0) is 44.9. The highest BCUT2D eigenvalue weighted by molar-refractivity contribution is 5.70. The third kappa shape index (κ3) is 50.5. The summed E-state index contributed by atoms with van der Waals surface area (Å²) in [7, 11) is 0. The van der Waals surface area contributed by atoms with E-state index in [0.29, 0.717) is 12.8 Å². The van der Waals surface area contributed by atoms with Crippen molar-refractivity contribution >= 4 is 11.9 Å². The summed E-state index contributed by atoms with van der Waals surface area (Å²) in [6.45, 7) is 4.12. The van der Waals surface area contributed by atoms with Gasteiger partial charge in [-0.3, -0.25) is 9.59 Å². The van der Waals surface area contributed by atoms with Crippen molar-refractivity contribution in [3.63, 3.8) is 0 Å². The lowest BCUT2D eigenvalue weighted by molar-refractivity contribution is -0.161. The van der Waals surface area contributed by atoms with E-state index in [-0.39, 0.29) is 25.2 Å². The zero-order valence-corrected chi connectivity index (χ0v) is 41.4. The van der Waals surface area contributed by atoms with Crippen molar-refractivity contribution in [3.05, 3.63) is 48.6 Å². The Morgan fingerprint density at radius 3 is 0.984 bits per heavy atom. The lowest BCUT2D eigenvalue weighted by Crippen LogP contribution is -2.28. The van der Waals surface area contributed by atoms with Gasteiger partial charge in [0.25, 0.3) is 0 Å². The van der Waals surface area contributed by atoms with Crippen molar-refractivity contribution in [2.24, 2.45) is 0 Å². The van der Waals surface area contributed by atoms with Crippen LogP contribution >= 0.6 is 0 Å². The molecule has 362 valence electrons. The van der Waals surface area contributed by atoms with E-state index in [4.69, 9.17) is 9.47 Å². The second-order valence-corrected chi connectivity index (χ2v) is 18.3. The van der Waals surface area contributed by atoms with Crippen molar-refractivity contribution in [1.82, 2.24) is 0 Å². The van der Waals surface area contributed by atoms with Gasteiger partial charge in [-0.25, -0.2) is 0 Å². The summed E-state index contributed by atoms with van der Waals surface area (Å²) in [5.41, 5.74) is 0. The molecule has 5 nitrogen and oxygen atoms in total. The average molecular weight is 869 g/mol. The third-order valence-corrected chi connectivity index (χ3v) is 12.1. The standard InChI is InChI=1S/C57H104O5/c1-3-5-7-9-11-13-15-17-19-21-22-23-24-25-26-27-28-29-30-31-32-33-34-36-38-40-42-44-46-48-50-52-57(60)62-55(53-58)54-61-56(59)51-49-47-45-43-41-39-37-35-20-18-16-14-12-10-8-6-4-2/h12,14-15,17-18,20-22,55,58H,3-11,13,16,19,23-54H2,1-2H3/b14-12-,17-15-,20-18-,22-21-. The molecule has 0 aromatic carbocycles. The normalized spacial score (nSPS) is 12.5. The van der Waals surface area contributed by atoms with Gasteiger partial charge in [0, 0.05) is 12.8 Å². The van der Waals surface area contributed by atoms with Crippen LogP contribution in [-0.4, -0.2) is 36.4 Å². The first-order chi connectivity index (χ1) is 30.6. The first-order valence-corrected chi connectivity index (χ1v) is 27.2. The van der Waals surface area contributed by atoms with Crippen LogP contribution in [0.15, 0.2) is 48.6 Å². The number of ether oxygens (including phenoxy) is 2. The Labute approximate surface area is 386 Å². The largest absolute Gasteiger partial charge is 0.462 e. The number of aliphatic hydroxyl groups excluding tert-OH is 1. The molecular formula is C57H104O5. The SMILES string of the molecule is CCCCC/C=C\C/C=C\CCCCCCCCCC(=O)OCC(CO)OC(=O)CCCCCCCCCCCCCCCCCCCCC/C=C\C/C=C\CCCCCCC. The fourth-order valence-corrected chi connectivity index (χ4v) is 7.97. The number of rotatable bonds is 50. The molecule has 0 aliphatic heterocycles. The van der Waals surface area contributed by atoms with Gasteiger partial charge in [0.1, 0.15) is 6.61 Å². The topological polar surface area (TPSA) is 72.8 Å². The Balaban J connectivity index is 3.44. The molecule has 0 aromatic heterocycles. The molecule has 1 unspecified atom stereocenters. The molecule has 0 spiro atoms. The molecule has 5 heteroatoms. The van der Waals surface area contributed by atoms with E-state index in [1.807, 2.05) is 0 Å². The Morgan fingerprint density at radius 2 is 0.645 bits per heavy atom. The monoisotopic (exact) mass is 869 g/mol. The molecule has 1 N–H and O–H groups in total. The molecule has 0 fully saturated rings.